The van der Waals surface area contributed by atoms with Crippen LogP contribution in [0.1, 0.15) is 10.4 Å². The third-order valence-corrected chi connectivity index (χ3v) is 3.90. The summed E-state index contributed by atoms with van der Waals surface area (Å²) in [5.41, 5.74) is 0.0286. The summed E-state index contributed by atoms with van der Waals surface area (Å²) in [5, 5.41) is 0. The number of rotatable bonds is 5. The van der Waals surface area contributed by atoms with Gasteiger partial charge in [-0.25, -0.2) is 4.79 Å². The minimum absolute atomic E-state index is 0.0120. The number of allylic oxidation sites excluding steroid dienone is 3. The van der Waals surface area contributed by atoms with Gasteiger partial charge in [-0.15, -0.1) is 0 Å². The molecule has 0 heterocycles. The van der Waals surface area contributed by atoms with Crippen molar-refractivity contribution in [3.63, 3.8) is 0 Å². The van der Waals surface area contributed by atoms with Crippen LogP contribution in [0.25, 0.3) is 0 Å². The van der Waals surface area contributed by atoms with Gasteiger partial charge in [0.2, 0.25) is 5.78 Å². The predicted molar refractivity (Wildman–Crippen MR) is 91.7 cm³/mol. The number of esters is 1. The van der Waals surface area contributed by atoms with Crippen molar-refractivity contribution in [3.05, 3.63) is 39.2 Å². The summed E-state index contributed by atoms with van der Waals surface area (Å²) in [5.74, 6) is -1.12. The van der Waals surface area contributed by atoms with Gasteiger partial charge in [0.25, 0.3) is 0 Å². The van der Waals surface area contributed by atoms with Crippen molar-refractivity contribution in [2.24, 2.45) is 0 Å². The van der Waals surface area contributed by atoms with Gasteiger partial charge >= 0.3 is 5.97 Å². The van der Waals surface area contributed by atoms with Gasteiger partial charge < -0.3 is 18.9 Å². The SMILES string of the molecule is COC(=O)c1cc(OC)c(OC)cc1OC1=CC(=O)C=C(I)C1=O. The first-order valence-electron chi connectivity index (χ1n) is 6.61. The average molecular weight is 444 g/mol. The van der Waals surface area contributed by atoms with E-state index in [0.717, 1.165) is 6.08 Å². The Morgan fingerprint density at radius 2 is 1.58 bits per heavy atom. The molecule has 0 saturated heterocycles. The number of ketones is 2. The summed E-state index contributed by atoms with van der Waals surface area (Å²) < 4.78 is 20.7. The molecule has 1 aliphatic rings. The fourth-order valence-electron chi connectivity index (χ4n) is 1.95. The standard InChI is InChI=1S/C16H13IO7/c1-21-12-6-9(16(20)23-3)11(7-13(12)22-2)24-14-5-8(18)4-10(17)15(14)19/h4-7H,1-3H3. The van der Waals surface area contributed by atoms with Crippen molar-refractivity contribution in [1.82, 2.24) is 0 Å². The van der Waals surface area contributed by atoms with Crippen LogP contribution in [0.3, 0.4) is 0 Å². The molecule has 1 aliphatic carbocycles. The summed E-state index contributed by atoms with van der Waals surface area (Å²) >= 11 is 1.74. The molecule has 2 rings (SSSR count). The molecule has 0 fully saturated rings. The molecule has 0 radical (unpaired) electrons. The van der Waals surface area contributed by atoms with Crippen LogP contribution >= 0.6 is 22.6 Å². The zero-order valence-electron chi connectivity index (χ0n) is 13.0. The Kier molecular flexibility index (Phi) is 5.60. The monoisotopic (exact) mass is 444 g/mol. The van der Waals surface area contributed by atoms with Gasteiger partial charge in [0, 0.05) is 24.3 Å². The van der Waals surface area contributed by atoms with Gasteiger partial charge in [-0.1, -0.05) is 0 Å². The van der Waals surface area contributed by atoms with Crippen molar-refractivity contribution in [2.75, 3.05) is 21.3 Å². The second-order valence-electron chi connectivity index (χ2n) is 4.53. The summed E-state index contributed by atoms with van der Waals surface area (Å²) in [6.07, 6.45) is 2.26. The van der Waals surface area contributed by atoms with Crippen LogP contribution in [0.5, 0.6) is 17.2 Å². The Bertz CT molecular complexity index is 777. The van der Waals surface area contributed by atoms with Crippen LogP contribution in [-0.2, 0) is 14.3 Å². The molecule has 0 aromatic heterocycles. The zero-order valence-corrected chi connectivity index (χ0v) is 15.2. The number of methoxy groups -OCH3 is 3. The lowest BCUT2D eigenvalue weighted by Gasteiger charge is -2.16. The number of hydrogen-bond donors (Lipinski definition) is 0. The Hall–Kier alpha value is -2.36. The third-order valence-electron chi connectivity index (χ3n) is 3.09. The van der Waals surface area contributed by atoms with Gasteiger partial charge in [0.1, 0.15) is 11.3 Å². The molecule has 0 N–H and O–H groups in total. The molecule has 0 aliphatic heterocycles. The molecule has 1 aromatic rings. The Morgan fingerprint density at radius 3 is 2.17 bits per heavy atom. The molecule has 8 heteroatoms. The maximum absolute atomic E-state index is 12.1. The summed E-state index contributed by atoms with van der Waals surface area (Å²) in [6, 6.07) is 2.76. The van der Waals surface area contributed by atoms with Crippen molar-refractivity contribution < 1.29 is 33.3 Å². The predicted octanol–water partition coefficient (Wildman–Crippen LogP) is 2.22. The van der Waals surface area contributed by atoms with Crippen LogP contribution in [0.15, 0.2) is 33.6 Å². The molecule has 0 unspecified atom stereocenters. The third kappa shape index (κ3) is 3.58. The summed E-state index contributed by atoms with van der Waals surface area (Å²) in [7, 11) is 4.04. The molecule has 126 valence electrons. The first-order chi connectivity index (χ1) is 11.4. The largest absolute Gasteiger partial charge is 0.493 e. The Labute approximate surface area is 151 Å². The number of carbonyl (C=O) groups excluding carboxylic acids is 3. The number of Topliss-reactive ketones (excluding diaryl/α,β-unsaturated/α-hetero) is 1. The second kappa shape index (κ2) is 7.47. The molecule has 0 bridgehead atoms. The smallest absolute Gasteiger partial charge is 0.341 e. The van der Waals surface area contributed by atoms with E-state index >= 15 is 0 Å². The summed E-state index contributed by atoms with van der Waals surface area (Å²) in [6.45, 7) is 0. The molecule has 0 spiro atoms. The van der Waals surface area contributed by atoms with Gasteiger partial charge in [-0.3, -0.25) is 9.59 Å². The second-order valence-corrected chi connectivity index (χ2v) is 5.69. The van der Waals surface area contributed by atoms with Crippen LogP contribution in [-0.4, -0.2) is 38.9 Å². The van der Waals surface area contributed by atoms with E-state index in [2.05, 4.69) is 0 Å². The number of hydrogen-bond acceptors (Lipinski definition) is 7. The quantitative estimate of drug-likeness (QED) is 0.391. The minimum atomic E-state index is -0.689. The maximum Gasteiger partial charge on any atom is 0.341 e. The van der Waals surface area contributed by atoms with E-state index in [1.807, 2.05) is 0 Å². The molecular formula is C16H13IO7. The first-order valence-corrected chi connectivity index (χ1v) is 7.68. The van der Waals surface area contributed by atoms with Crippen molar-refractivity contribution >= 4 is 40.1 Å². The van der Waals surface area contributed by atoms with E-state index in [9.17, 15) is 14.4 Å². The van der Waals surface area contributed by atoms with Crippen molar-refractivity contribution in [3.8, 4) is 17.2 Å². The number of benzene rings is 1. The number of halogens is 1. The molecule has 0 amide bonds. The minimum Gasteiger partial charge on any atom is -0.493 e. The number of carbonyl (C=O) groups is 3. The van der Waals surface area contributed by atoms with E-state index in [4.69, 9.17) is 18.9 Å². The van der Waals surface area contributed by atoms with Crippen molar-refractivity contribution in [1.29, 1.82) is 0 Å². The Morgan fingerprint density at radius 1 is 0.958 bits per heavy atom. The molecule has 24 heavy (non-hydrogen) atoms. The molecule has 0 atom stereocenters. The van der Waals surface area contributed by atoms with Gasteiger partial charge in [-0.05, 0) is 22.6 Å². The topological polar surface area (TPSA) is 88.1 Å². The molecule has 0 saturated carbocycles. The van der Waals surface area contributed by atoms with E-state index in [-0.39, 0.29) is 26.4 Å². The normalized spacial score (nSPS) is 13.8. The maximum atomic E-state index is 12.1. The van der Waals surface area contributed by atoms with Gasteiger partial charge in [-0.2, -0.15) is 0 Å². The molecular weight excluding hydrogens is 431 g/mol. The average Bonchev–Trinajstić information content (AvgIpc) is 2.57. The van der Waals surface area contributed by atoms with Gasteiger partial charge in [0.05, 0.1) is 24.9 Å². The van der Waals surface area contributed by atoms with E-state index < -0.39 is 11.8 Å². The fourth-order valence-corrected chi connectivity index (χ4v) is 2.53. The van der Waals surface area contributed by atoms with Gasteiger partial charge in [0.15, 0.2) is 23.0 Å². The highest BCUT2D eigenvalue weighted by molar-refractivity contribution is 14.1. The van der Waals surface area contributed by atoms with Crippen LogP contribution < -0.4 is 14.2 Å². The number of ether oxygens (including phenoxy) is 4. The molecule has 1 aromatic carbocycles. The lowest BCUT2D eigenvalue weighted by molar-refractivity contribution is -0.116. The lowest BCUT2D eigenvalue weighted by Crippen LogP contribution is -2.17. The first kappa shape index (κ1) is 18.0. The van der Waals surface area contributed by atoms with E-state index in [1.54, 1.807) is 22.6 Å². The molecule has 7 nitrogen and oxygen atoms in total. The van der Waals surface area contributed by atoms with E-state index in [1.165, 1.54) is 39.5 Å². The summed E-state index contributed by atoms with van der Waals surface area (Å²) in [4.78, 5) is 35.7. The zero-order chi connectivity index (χ0) is 17.9. The van der Waals surface area contributed by atoms with E-state index in [0.29, 0.717) is 11.5 Å². The van der Waals surface area contributed by atoms with Crippen LogP contribution in [0.4, 0.5) is 0 Å². The highest BCUT2D eigenvalue weighted by Gasteiger charge is 2.25. The highest BCUT2D eigenvalue weighted by atomic mass is 127. The van der Waals surface area contributed by atoms with Crippen LogP contribution in [0.2, 0.25) is 0 Å². The van der Waals surface area contributed by atoms with Crippen molar-refractivity contribution in [2.45, 2.75) is 0 Å². The van der Waals surface area contributed by atoms with Crippen LogP contribution in [0, 0.1) is 0 Å². The fraction of sp³-hybridized carbons (Fsp3) is 0.188. The Balaban J connectivity index is 2.50. The highest BCUT2D eigenvalue weighted by Crippen LogP contribution is 2.36. The lowest BCUT2D eigenvalue weighted by atomic mass is 10.1.